The normalized spacial score (nSPS) is 14.5. The predicted octanol–water partition coefficient (Wildman–Crippen LogP) is 1.23. The molecule has 1 aromatic heterocycles. The summed E-state index contributed by atoms with van der Waals surface area (Å²) in [7, 11) is -0.734. The zero-order valence-electron chi connectivity index (χ0n) is 9.06. The fourth-order valence-electron chi connectivity index (χ4n) is 1.20. The van der Waals surface area contributed by atoms with Crippen molar-refractivity contribution in [2.24, 2.45) is 0 Å². The Morgan fingerprint density at radius 2 is 2.33 bits per heavy atom. The van der Waals surface area contributed by atoms with Crippen molar-refractivity contribution in [1.29, 1.82) is 0 Å². The summed E-state index contributed by atoms with van der Waals surface area (Å²) >= 11 is 0. The number of hydrogen-bond donors (Lipinski definition) is 2. The van der Waals surface area contributed by atoms with Gasteiger partial charge < -0.3 is 11.1 Å². The minimum absolute atomic E-state index is 0.253. The highest BCUT2D eigenvalue weighted by Gasteiger charge is 2.03. The summed E-state index contributed by atoms with van der Waals surface area (Å²) < 4.78 is 10.9. The van der Waals surface area contributed by atoms with Gasteiger partial charge in [0.15, 0.2) is 0 Å². The van der Waals surface area contributed by atoms with Gasteiger partial charge in [-0.2, -0.15) is 0 Å². The second-order valence-corrected chi connectivity index (χ2v) is 5.11. The fraction of sp³-hybridized carbons (Fsp3) is 0.500. The van der Waals surface area contributed by atoms with E-state index in [1.807, 2.05) is 19.1 Å². The van der Waals surface area contributed by atoms with Crippen LogP contribution < -0.4 is 11.1 Å². The maximum Gasteiger partial charge on any atom is 0.128 e. The molecule has 0 aromatic carbocycles. The number of anilines is 2. The Morgan fingerprint density at radius 1 is 1.60 bits per heavy atom. The van der Waals surface area contributed by atoms with Gasteiger partial charge in [-0.15, -0.1) is 0 Å². The van der Waals surface area contributed by atoms with Gasteiger partial charge in [-0.3, -0.25) is 4.21 Å². The van der Waals surface area contributed by atoms with E-state index in [1.54, 1.807) is 12.3 Å². The molecule has 0 amide bonds. The van der Waals surface area contributed by atoms with Crippen LogP contribution in [-0.2, 0) is 10.8 Å². The zero-order valence-corrected chi connectivity index (χ0v) is 9.88. The van der Waals surface area contributed by atoms with E-state index < -0.39 is 10.8 Å². The van der Waals surface area contributed by atoms with E-state index in [0.717, 1.165) is 12.2 Å². The monoisotopic (exact) mass is 227 g/mol. The van der Waals surface area contributed by atoms with Gasteiger partial charge in [0.1, 0.15) is 11.6 Å². The Kier molecular flexibility index (Phi) is 4.55. The van der Waals surface area contributed by atoms with E-state index in [4.69, 9.17) is 5.73 Å². The lowest BCUT2D eigenvalue weighted by molar-refractivity contribution is 0.678. The molecule has 1 rings (SSSR count). The molecule has 3 N–H and O–H groups in total. The molecular formula is C10H17N3OS. The molecule has 1 aromatic rings. The molecule has 0 aliphatic carbocycles. The SMILES string of the molecule is CC(CCS(C)=O)Nc1cccc(N)n1. The molecule has 0 aliphatic rings. The number of nitrogen functional groups attached to an aromatic ring is 1. The molecular weight excluding hydrogens is 210 g/mol. The van der Waals surface area contributed by atoms with Crippen molar-refractivity contribution in [2.75, 3.05) is 23.1 Å². The second-order valence-electron chi connectivity index (χ2n) is 3.56. The molecule has 0 bridgehead atoms. The number of nitrogens with two attached hydrogens (primary N) is 1. The molecule has 0 radical (unpaired) electrons. The Bertz CT molecular complexity index is 343. The Balaban J connectivity index is 2.44. The van der Waals surface area contributed by atoms with Crippen LogP contribution in [0.25, 0.3) is 0 Å². The van der Waals surface area contributed by atoms with Crippen LogP contribution in [0.1, 0.15) is 13.3 Å². The first-order valence-corrected chi connectivity index (χ1v) is 6.59. The number of aromatic nitrogens is 1. The summed E-state index contributed by atoms with van der Waals surface area (Å²) in [6, 6.07) is 5.73. The molecule has 84 valence electrons. The average Bonchev–Trinajstić information content (AvgIpc) is 2.15. The van der Waals surface area contributed by atoms with Gasteiger partial charge in [0.25, 0.3) is 0 Å². The van der Waals surface area contributed by atoms with Gasteiger partial charge in [0, 0.05) is 28.9 Å². The average molecular weight is 227 g/mol. The van der Waals surface area contributed by atoms with Gasteiger partial charge in [-0.1, -0.05) is 6.07 Å². The molecule has 2 atom stereocenters. The minimum Gasteiger partial charge on any atom is -0.384 e. The minimum atomic E-state index is -0.734. The smallest absolute Gasteiger partial charge is 0.128 e. The van der Waals surface area contributed by atoms with Crippen molar-refractivity contribution in [3.8, 4) is 0 Å². The lowest BCUT2D eigenvalue weighted by atomic mass is 10.2. The maximum absolute atomic E-state index is 10.9. The zero-order chi connectivity index (χ0) is 11.3. The molecule has 2 unspecified atom stereocenters. The lowest BCUT2D eigenvalue weighted by Gasteiger charge is -2.13. The van der Waals surface area contributed by atoms with E-state index in [2.05, 4.69) is 10.3 Å². The highest BCUT2D eigenvalue weighted by Crippen LogP contribution is 2.08. The van der Waals surface area contributed by atoms with Crippen LogP contribution in [0.15, 0.2) is 18.2 Å². The lowest BCUT2D eigenvalue weighted by Crippen LogP contribution is -2.18. The fourth-order valence-corrected chi connectivity index (χ4v) is 1.88. The number of hydrogen-bond acceptors (Lipinski definition) is 4. The van der Waals surface area contributed by atoms with E-state index in [-0.39, 0.29) is 6.04 Å². The second kappa shape index (κ2) is 5.70. The number of nitrogens with one attached hydrogen (secondary N) is 1. The van der Waals surface area contributed by atoms with Crippen LogP contribution in [0.2, 0.25) is 0 Å². The summed E-state index contributed by atoms with van der Waals surface area (Å²) in [5, 5.41) is 3.21. The highest BCUT2D eigenvalue weighted by molar-refractivity contribution is 7.84. The van der Waals surface area contributed by atoms with Crippen LogP contribution in [0, 0.1) is 0 Å². The van der Waals surface area contributed by atoms with Crippen molar-refractivity contribution < 1.29 is 4.21 Å². The van der Waals surface area contributed by atoms with Crippen LogP contribution in [0.4, 0.5) is 11.6 Å². The summed E-state index contributed by atoms with van der Waals surface area (Å²) in [5.41, 5.74) is 5.56. The van der Waals surface area contributed by atoms with Crippen molar-refractivity contribution >= 4 is 22.4 Å². The van der Waals surface area contributed by atoms with Crippen molar-refractivity contribution in [2.45, 2.75) is 19.4 Å². The number of pyridine rings is 1. The summed E-state index contributed by atoms with van der Waals surface area (Å²) in [4.78, 5) is 4.13. The standard InChI is InChI=1S/C10H17N3OS/c1-8(6-7-15(2)14)12-10-5-3-4-9(11)13-10/h3-5,8H,6-7H2,1-2H3,(H3,11,12,13). The Labute approximate surface area is 92.7 Å². The first-order valence-electron chi connectivity index (χ1n) is 4.87. The van der Waals surface area contributed by atoms with Crippen molar-refractivity contribution in [3.05, 3.63) is 18.2 Å². The van der Waals surface area contributed by atoms with Gasteiger partial charge in [0.05, 0.1) is 0 Å². The number of rotatable bonds is 5. The number of nitrogens with zero attached hydrogens (tertiary/aromatic N) is 1. The van der Waals surface area contributed by atoms with Crippen molar-refractivity contribution in [1.82, 2.24) is 4.98 Å². The summed E-state index contributed by atoms with van der Waals surface area (Å²) in [6.45, 7) is 2.04. The van der Waals surface area contributed by atoms with Crippen LogP contribution in [-0.4, -0.2) is 27.2 Å². The third kappa shape index (κ3) is 4.78. The molecule has 0 spiro atoms. The van der Waals surface area contributed by atoms with Crippen LogP contribution in [0.5, 0.6) is 0 Å². The molecule has 5 heteroatoms. The summed E-state index contributed by atoms with van der Waals surface area (Å²) in [6.07, 6.45) is 2.57. The quantitative estimate of drug-likeness (QED) is 0.794. The maximum atomic E-state index is 10.9. The van der Waals surface area contributed by atoms with Gasteiger partial charge >= 0.3 is 0 Å². The molecule has 0 aliphatic heterocycles. The summed E-state index contributed by atoms with van der Waals surface area (Å²) in [5.74, 6) is 1.98. The molecule has 1 heterocycles. The first-order chi connectivity index (χ1) is 7.08. The molecule has 0 saturated carbocycles. The topological polar surface area (TPSA) is 68.0 Å². The Morgan fingerprint density at radius 3 is 2.93 bits per heavy atom. The third-order valence-electron chi connectivity index (χ3n) is 2.00. The van der Waals surface area contributed by atoms with E-state index in [9.17, 15) is 4.21 Å². The highest BCUT2D eigenvalue weighted by atomic mass is 32.2. The first kappa shape index (κ1) is 12.0. The molecule has 4 nitrogen and oxygen atoms in total. The van der Waals surface area contributed by atoms with E-state index in [1.165, 1.54) is 0 Å². The predicted molar refractivity (Wildman–Crippen MR) is 65.3 cm³/mol. The van der Waals surface area contributed by atoms with Gasteiger partial charge in [-0.25, -0.2) is 4.98 Å². The molecule has 15 heavy (non-hydrogen) atoms. The van der Waals surface area contributed by atoms with Crippen LogP contribution >= 0.6 is 0 Å². The Hall–Kier alpha value is -1.10. The third-order valence-corrected chi connectivity index (χ3v) is 2.81. The van der Waals surface area contributed by atoms with Gasteiger partial charge in [-0.05, 0) is 25.5 Å². The van der Waals surface area contributed by atoms with Crippen LogP contribution in [0.3, 0.4) is 0 Å². The molecule has 0 fully saturated rings. The largest absolute Gasteiger partial charge is 0.384 e. The van der Waals surface area contributed by atoms with Crippen molar-refractivity contribution in [3.63, 3.8) is 0 Å². The molecule has 0 saturated heterocycles. The van der Waals surface area contributed by atoms with E-state index >= 15 is 0 Å². The van der Waals surface area contributed by atoms with E-state index in [0.29, 0.717) is 11.6 Å². The van der Waals surface area contributed by atoms with Gasteiger partial charge in [0.2, 0.25) is 0 Å².